The van der Waals surface area contributed by atoms with E-state index in [0.29, 0.717) is 0 Å². The molecule has 1 heterocycles. The molecule has 2 N–H and O–H groups in total. The van der Waals surface area contributed by atoms with Crippen molar-refractivity contribution in [2.75, 3.05) is 25.4 Å². The fourth-order valence-electron chi connectivity index (χ4n) is 3.37. The van der Waals surface area contributed by atoms with Crippen LogP contribution in [0.25, 0.3) is 10.8 Å². The number of likely N-dealkylation sites (tertiary alicyclic amines) is 1. The average Bonchev–Trinajstić information content (AvgIpc) is 2.90. The van der Waals surface area contributed by atoms with Crippen molar-refractivity contribution < 1.29 is 8.42 Å². The first kappa shape index (κ1) is 15.5. The smallest absolute Gasteiger partial charge is 0.209 e. The summed E-state index contributed by atoms with van der Waals surface area (Å²) < 4.78 is 22.4. The topological polar surface area (TPSA) is 63.4 Å². The van der Waals surface area contributed by atoms with Crippen LogP contribution < -0.4 is 5.14 Å². The zero-order valence-electron chi connectivity index (χ0n) is 12.6. The van der Waals surface area contributed by atoms with Crippen LogP contribution in [0.5, 0.6) is 0 Å². The molecule has 0 amide bonds. The third kappa shape index (κ3) is 3.85. The number of nitrogens with two attached hydrogens (primary N) is 1. The number of rotatable bonds is 5. The standard InChI is InChI=1S/C17H22N2O2S/c18-22(20,21)13-14-8-10-19(12-14)11-9-16-6-3-5-15-4-1-2-7-17(15)16/h1-7,14H,8-13H2,(H2,18,20,21). The molecule has 0 aliphatic carbocycles. The highest BCUT2D eigenvalue weighted by molar-refractivity contribution is 7.89. The van der Waals surface area contributed by atoms with Gasteiger partial charge < -0.3 is 4.90 Å². The molecule has 2 aromatic rings. The molecule has 1 aliphatic rings. The van der Waals surface area contributed by atoms with Gasteiger partial charge in [0.15, 0.2) is 0 Å². The Morgan fingerprint density at radius 1 is 1.14 bits per heavy atom. The lowest BCUT2D eigenvalue weighted by molar-refractivity contribution is 0.333. The highest BCUT2D eigenvalue weighted by atomic mass is 32.2. The van der Waals surface area contributed by atoms with Crippen LogP contribution in [0.4, 0.5) is 0 Å². The molecule has 1 unspecified atom stereocenters. The SMILES string of the molecule is NS(=O)(=O)CC1CCN(CCc2cccc3ccccc23)C1. The van der Waals surface area contributed by atoms with Crippen LogP contribution in [0.3, 0.4) is 0 Å². The number of sulfonamides is 1. The van der Waals surface area contributed by atoms with Gasteiger partial charge in [-0.05, 0) is 41.6 Å². The Bertz CT molecular complexity index is 753. The Morgan fingerprint density at radius 3 is 2.73 bits per heavy atom. The van der Waals surface area contributed by atoms with Gasteiger partial charge in [0.2, 0.25) is 10.0 Å². The quantitative estimate of drug-likeness (QED) is 0.917. The number of nitrogens with zero attached hydrogens (tertiary/aromatic N) is 1. The van der Waals surface area contributed by atoms with Crippen molar-refractivity contribution in [2.24, 2.45) is 11.1 Å². The van der Waals surface area contributed by atoms with Crippen molar-refractivity contribution in [1.29, 1.82) is 0 Å². The van der Waals surface area contributed by atoms with E-state index >= 15 is 0 Å². The second-order valence-electron chi connectivity index (χ2n) is 6.17. The summed E-state index contributed by atoms with van der Waals surface area (Å²) in [5.41, 5.74) is 1.35. The van der Waals surface area contributed by atoms with Gasteiger partial charge >= 0.3 is 0 Å². The maximum Gasteiger partial charge on any atom is 0.209 e. The first-order valence-corrected chi connectivity index (χ1v) is 9.42. The van der Waals surface area contributed by atoms with Gasteiger partial charge in [-0.2, -0.15) is 0 Å². The molecule has 3 rings (SSSR count). The maximum atomic E-state index is 11.2. The molecule has 0 bridgehead atoms. The molecule has 0 saturated carbocycles. The molecule has 1 atom stereocenters. The predicted molar refractivity (Wildman–Crippen MR) is 90.2 cm³/mol. The first-order valence-electron chi connectivity index (χ1n) is 7.71. The van der Waals surface area contributed by atoms with Crippen molar-refractivity contribution in [3.63, 3.8) is 0 Å². The van der Waals surface area contributed by atoms with E-state index in [1.807, 2.05) is 0 Å². The van der Waals surface area contributed by atoms with E-state index in [2.05, 4.69) is 47.4 Å². The van der Waals surface area contributed by atoms with Crippen LogP contribution in [-0.4, -0.2) is 38.7 Å². The molecule has 1 saturated heterocycles. The van der Waals surface area contributed by atoms with Gasteiger partial charge in [-0.25, -0.2) is 13.6 Å². The van der Waals surface area contributed by atoms with E-state index in [-0.39, 0.29) is 11.7 Å². The number of primary sulfonamides is 1. The van der Waals surface area contributed by atoms with Gasteiger partial charge in [-0.15, -0.1) is 0 Å². The largest absolute Gasteiger partial charge is 0.303 e. The van der Waals surface area contributed by atoms with E-state index < -0.39 is 10.0 Å². The third-order valence-electron chi connectivity index (χ3n) is 4.42. The van der Waals surface area contributed by atoms with Gasteiger partial charge in [0.1, 0.15) is 0 Å². The van der Waals surface area contributed by atoms with E-state index in [9.17, 15) is 8.42 Å². The Balaban J connectivity index is 1.61. The summed E-state index contributed by atoms with van der Waals surface area (Å²) in [6.07, 6.45) is 1.91. The minimum absolute atomic E-state index is 0.109. The summed E-state index contributed by atoms with van der Waals surface area (Å²) in [5, 5.41) is 7.72. The van der Waals surface area contributed by atoms with Crippen LogP contribution in [0, 0.1) is 5.92 Å². The highest BCUT2D eigenvalue weighted by Gasteiger charge is 2.25. The number of hydrogen-bond donors (Lipinski definition) is 1. The maximum absolute atomic E-state index is 11.2. The fourth-order valence-corrected chi connectivity index (χ4v) is 4.30. The summed E-state index contributed by atoms with van der Waals surface area (Å²) in [6.45, 7) is 2.77. The molecule has 0 radical (unpaired) electrons. The van der Waals surface area contributed by atoms with Gasteiger partial charge in [-0.1, -0.05) is 42.5 Å². The van der Waals surface area contributed by atoms with Crippen molar-refractivity contribution in [3.8, 4) is 0 Å². The van der Waals surface area contributed by atoms with E-state index in [0.717, 1.165) is 32.5 Å². The second kappa shape index (κ2) is 6.36. The number of benzene rings is 2. The monoisotopic (exact) mass is 318 g/mol. The van der Waals surface area contributed by atoms with Gasteiger partial charge in [0.25, 0.3) is 0 Å². The van der Waals surface area contributed by atoms with Crippen LogP contribution >= 0.6 is 0 Å². The predicted octanol–water partition coefficient (Wildman–Crippen LogP) is 1.99. The summed E-state index contributed by atoms with van der Waals surface area (Å²) >= 11 is 0. The van der Waals surface area contributed by atoms with Gasteiger partial charge in [0, 0.05) is 13.1 Å². The minimum atomic E-state index is -3.35. The Hall–Kier alpha value is -1.43. The van der Waals surface area contributed by atoms with Crippen molar-refractivity contribution >= 4 is 20.8 Å². The van der Waals surface area contributed by atoms with Gasteiger partial charge in [-0.3, -0.25) is 0 Å². The zero-order chi connectivity index (χ0) is 15.6. The molecule has 1 fully saturated rings. The first-order chi connectivity index (χ1) is 10.5. The lowest BCUT2D eigenvalue weighted by Crippen LogP contribution is -2.27. The summed E-state index contributed by atoms with van der Waals surface area (Å²) in [4.78, 5) is 2.34. The Labute approximate surface area is 132 Å². The van der Waals surface area contributed by atoms with Crippen LogP contribution in [0.1, 0.15) is 12.0 Å². The molecule has 4 nitrogen and oxygen atoms in total. The molecule has 5 heteroatoms. The molecule has 118 valence electrons. The molecule has 22 heavy (non-hydrogen) atoms. The normalized spacial score (nSPS) is 19.8. The number of fused-ring (bicyclic) bond motifs is 1. The molecule has 2 aromatic carbocycles. The van der Waals surface area contributed by atoms with E-state index in [4.69, 9.17) is 5.14 Å². The molecular weight excluding hydrogens is 296 g/mol. The Kier molecular flexibility index (Phi) is 4.47. The van der Waals surface area contributed by atoms with Crippen LogP contribution in [0.15, 0.2) is 42.5 Å². The summed E-state index contributed by atoms with van der Waals surface area (Å²) in [6, 6.07) is 14.9. The molecule has 0 spiro atoms. The Morgan fingerprint density at radius 2 is 1.91 bits per heavy atom. The second-order valence-corrected chi connectivity index (χ2v) is 7.83. The molecular formula is C17H22N2O2S. The van der Waals surface area contributed by atoms with Crippen LogP contribution in [-0.2, 0) is 16.4 Å². The van der Waals surface area contributed by atoms with Crippen molar-refractivity contribution in [1.82, 2.24) is 4.90 Å². The number of hydrogen-bond acceptors (Lipinski definition) is 3. The van der Waals surface area contributed by atoms with E-state index in [1.54, 1.807) is 0 Å². The van der Waals surface area contributed by atoms with Crippen LogP contribution in [0.2, 0.25) is 0 Å². The average molecular weight is 318 g/mol. The van der Waals surface area contributed by atoms with Crippen molar-refractivity contribution in [3.05, 3.63) is 48.0 Å². The summed E-state index contributed by atoms with van der Waals surface area (Å²) in [5.74, 6) is 0.292. The summed E-state index contributed by atoms with van der Waals surface area (Å²) in [7, 11) is -3.35. The molecule has 0 aromatic heterocycles. The fraction of sp³-hybridized carbons (Fsp3) is 0.412. The van der Waals surface area contributed by atoms with Crippen molar-refractivity contribution in [2.45, 2.75) is 12.8 Å². The third-order valence-corrected chi connectivity index (χ3v) is 5.35. The lowest BCUT2D eigenvalue weighted by atomic mass is 10.0. The van der Waals surface area contributed by atoms with E-state index in [1.165, 1.54) is 16.3 Å². The molecule has 1 aliphatic heterocycles. The van der Waals surface area contributed by atoms with Gasteiger partial charge in [0.05, 0.1) is 5.75 Å². The minimum Gasteiger partial charge on any atom is -0.303 e. The zero-order valence-corrected chi connectivity index (χ0v) is 13.4. The lowest BCUT2D eigenvalue weighted by Gasteiger charge is -2.16. The highest BCUT2D eigenvalue weighted by Crippen LogP contribution is 2.21.